The van der Waals surface area contributed by atoms with Gasteiger partial charge in [0.15, 0.2) is 0 Å². The molecule has 0 spiro atoms. The molecule has 0 unspecified atom stereocenters. The predicted molar refractivity (Wildman–Crippen MR) is 94.9 cm³/mol. The third-order valence-electron chi connectivity index (χ3n) is 3.40. The Bertz CT molecular complexity index is 546. The lowest BCUT2D eigenvalue weighted by molar-refractivity contribution is -0.128. The molecule has 6 heteroatoms. The van der Waals surface area contributed by atoms with Crippen LogP contribution in [0.15, 0.2) is 29.2 Å². The zero-order valence-corrected chi connectivity index (χ0v) is 14.8. The summed E-state index contributed by atoms with van der Waals surface area (Å²) >= 11 is 1.78. The topological polar surface area (TPSA) is 61.4 Å². The van der Waals surface area contributed by atoms with E-state index in [1.807, 2.05) is 24.3 Å². The number of hydrogen-bond donors (Lipinski definition) is 2. The summed E-state index contributed by atoms with van der Waals surface area (Å²) in [6, 6.07) is 7.36. The number of nitrogens with one attached hydrogen (secondary N) is 2. The molecule has 5 nitrogen and oxygen atoms in total. The van der Waals surface area contributed by atoms with Crippen LogP contribution in [-0.4, -0.2) is 41.2 Å². The number of urea groups is 1. The van der Waals surface area contributed by atoms with Crippen LogP contribution in [0.3, 0.4) is 0 Å². The molecule has 0 bridgehead atoms. The molecule has 1 saturated heterocycles. The summed E-state index contributed by atoms with van der Waals surface area (Å²) in [5.74, 6) is -0.0189. The molecule has 1 fully saturated rings. The third kappa shape index (κ3) is 6.14. The molecule has 126 valence electrons. The van der Waals surface area contributed by atoms with Crippen LogP contribution < -0.4 is 10.6 Å². The molecule has 1 aliphatic rings. The first-order valence-electron chi connectivity index (χ1n) is 7.95. The van der Waals surface area contributed by atoms with Gasteiger partial charge in [0.2, 0.25) is 5.91 Å². The van der Waals surface area contributed by atoms with Gasteiger partial charge in [-0.1, -0.05) is 20.8 Å². The Labute approximate surface area is 142 Å². The minimum Gasteiger partial charge on any atom is -0.341 e. The molecule has 3 amide bonds. The van der Waals surface area contributed by atoms with Gasteiger partial charge < -0.3 is 15.5 Å². The zero-order valence-electron chi connectivity index (χ0n) is 14.0. The van der Waals surface area contributed by atoms with Crippen LogP contribution in [0, 0.1) is 0 Å². The Hall–Kier alpha value is -1.69. The SMILES string of the molecule is CC(C)(C)Sc1ccc(NC(=O)NCC(=O)N2CCCC2)cc1. The molecular weight excluding hydrogens is 310 g/mol. The first kappa shape index (κ1) is 17.7. The predicted octanol–water partition coefficient (Wildman–Crippen LogP) is 3.32. The maximum absolute atomic E-state index is 11.9. The number of carbonyl (C=O) groups is 2. The van der Waals surface area contributed by atoms with Gasteiger partial charge in [0.25, 0.3) is 0 Å². The molecule has 23 heavy (non-hydrogen) atoms. The molecule has 1 aromatic rings. The second kappa shape index (κ2) is 7.73. The van der Waals surface area contributed by atoms with Gasteiger partial charge in [-0.15, -0.1) is 11.8 Å². The standard InChI is InChI=1S/C17H25N3O2S/c1-17(2,3)23-14-8-6-13(7-9-14)19-16(22)18-12-15(21)20-10-4-5-11-20/h6-9H,4-5,10-12H2,1-3H3,(H2,18,19,22). The van der Waals surface area contributed by atoms with Gasteiger partial charge in [-0.05, 0) is 37.1 Å². The highest BCUT2D eigenvalue weighted by molar-refractivity contribution is 8.00. The minimum absolute atomic E-state index is 0.0189. The smallest absolute Gasteiger partial charge is 0.319 e. The lowest BCUT2D eigenvalue weighted by Gasteiger charge is -2.18. The van der Waals surface area contributed by atoms with E-state index in [0.717, 1.165) is 36.5 Å². The van der Waals surface area contributed by atoms with Gasteiger partial charge in [0.05, 0.1) is 6.54 Å². The molecule has 1 aliphatic heterocycles. The molecule has 0 aromatic heterocycles. The first-order chi connectivity index (χ1) is 10.8. The number of nitrogens with zero attached hydrogens (tertiary/aromatic N) is 1. The van der Waals surface area contributed by atoms with Crippen molar-refractivity contribution in [2.45, 2.75) is 43.3 Å². The number of benzene rings is 1. The highest BCUT2D eigenvalue weighted by Crippen LogP contribution is 2.32. The number of anilines is 1. The Balaban J connectivity index is 1.77. The summed E-state index contributed by atoms with van der Waals surface area (Å²) in [6.07, 6.45) is 2.10. The van der Waals surface area contributed by atoms with E-state index >= 15 is 0 Å². The van der Waals surface area contributed by atoms with Gasteiger partial charge in [-0.2, -0.15) is 0 Å². The Morgan fingerprint density at radius 3 is 2.30 bits per heavy atom. The average Bonchev–Trinajstić information content (AvgIpc) is 2.99. The Morgan fingerprint density at radius 1 is 1.13 bits per heavy atom. The molecule has 2 rings (SSSR count). The average molecular weight is 335 g/mol. The van der Waals surface area contributed by atoms with Crippen LogP contribution in [0.2, 0.25) is 0 Å². The number of likely N-dealkylation sites (tertiary alicyclic amines) is 1. The molecule has 1 aromatic carbocycles. The van der Waals surface area contributed by atoms with E-state index in [-0.39, 0.29) is 23.2 Å². The van der Waals surface area contributed by atoms with E-state index in [0.29, 0.717) is 0 Å². The number of hydrogen-bond acceptors (Lipinski definition) is 3. The largest absolute Gasteiger partial charge is 0.341 e. The fraction of sp³-hybridized carbons (Fsp3) is 0.529. The molecule has 1 heterocycles. The summed E-state index contributed by atoms with van der Waals surface area (Å²) in [4.78, 5) is 26.7. The van der Waals surface area contributed by atoms with E-state index < -0.39 is 0 Å². The highest BCUT2D eigenvalue weighted by atomic mass is 32.2. The third-order valence-corrected chi connectivity index (χ3v) is 4.52. The Morgan fingerprint density at radius 2 is 1.74 bits per heavy atom. The molecular formula is C17H25N3O2S. The van der Waals surface area contributed by atoms with Crippen LogP contribution in [-0.2, 0) is 4.79 Å². The Kier molecular flexibility index (Phi) is 5.93. The summed E-state index contributed by atoms with van der Waals surface area (Å²) in [6.45, 7) is 8.13. The van der Waals surface area contributed by atoms with Crippen molar-refractivity contribution in [3.8, 4) is 0 Å². The second-order valence-corrected chi connectivity index (χ2v) is 8.53. The van der Waals surface area contributed by atoms with Crippen LogP contribution in [0.4, 0.5) is 10.5 Å². The van der Waals surface area contributed by atoms with Crippen molar-refractivity contribution in [3.05, 3.63) is 24.3 Å². The van der Waals surface area contributed by atoms with Crippen molar-refractivity contribution in [1.82, 2.24) is 10.2 Å². The summed E-state index contributed by atoms with van der Waals surface area (Å²) in [7, 11) is 0. The molecule has 0 saturated carbocycles. The van der Waals surface area contributed by atoms with Crippen LogP contribution in [0.5, 0.6) is 0 Å². The van der Waals surface area contributed by atoms with Crippen molar-refractivity contribution >= 4 is 29.4 Å². The normalized spacial score (nSPS) is 14.7. The maximum Gasteiger partial charge on any atom is 0.319 e. The quantitative estimate of drug-likeness (QED) is 0.830. The molecule has 0 atom stereocenters. The van der Waals surface area contributed by atoms with E-state index in [4.69, 9.17) is 0 Å². The number of rotatable bonds is 4. The maximum atomic E-state index is 11.9. The minimum atomic E-state index is -0.353. The monoisotopic (exact) mass is 335 g/mol. The van der Waals surface area contributed by atoms with E-state index in [1.165, 1.54) is 0 Å². The lowest BCUT2D eigenvalue weighted by Crippen LogP contribution is -2.40. The van der Waals surface area contributed by atoms with Crippen molar-refractivity contribution in [1.29, 1.82) is 0 Å². The second-order valence-electron chi connectivity index (χ2n) is 6.63. The van der Waals surface area contributed by atoms with Crippen molar-refractivity contribution in [2.75, 3.05) is 25.0 Å². The number of amides is 3. The summed E-state index contributed by atoms with van der Waals surface area (Å²) in [5.41, 5.74) is 0.717. The zero-order chi connectivity index (χ0) is 16.9. The number of carbonyl (C=O) groups excluding carboxylic acids is 2. The van der Waals surface area contributed by atoms with Crippen molar-refractivity contribution in [3.63, 3.8) is 0 Å². The summed E-state index contributed by atoms with van der Waals surface area (Å²) < 4.78 is 0.155. The van der Waals surface area contributed by atoms with Crippen molar-refractivity contribution < 1.29 is 9.59 Å². The fourth-order valence-electron chi connectivity index (χ4n) is 2.37. The van der Waals surface area contributed by atoms with Crippen LogP contribution in [0.1, 0.15) is 33.6 Å². The van der Waals surface area contributed by atoms with Gasteiger partial charge in [0.1, 0.15) is 0 Å². The van der Waals surface area contributed by atoms with Gasteiger partial charge >= 0.3 is 6.03 Å². The van der Waals surface area contributed by atoms with Crippen molar-refractivity contribution in [2.24, 2.45) is 0 Å². The van der Waals surface area contributed by atoms with E-state index in [9.17, 15) is 9.59 Å². The molecule has 2 N–H and O–H groups in total. The van der Waals surface area contributed by atoms with Crippen LogP contribution in [0.25, 0.3) is 0 Å². The van der Waals surface area contributed by atoms with Gasteiger partial charge in [0, 0.05) is 28.4 Å². The first-order valence-corrected chi connectivity index (χ1v) is 8.77. The van der Waals surface area contributed by atoms with E-state index in [2.05, 4.69) is 31.4 Å². The summed E-state index contributed by atoms with van der Waals surface area (Å²) in [5, 5.41) is 5.36. The molecule has 0 radical (unpaired) electrons. The van der Waals surface area contributed by atoms with E-state index in [1.54, 1.807) is 16.7 Å². The van der Waals surface area contributed by atoms with Gasteiger partial charge in [-0.25, -0.2) is 4.79 Å². The highest BCUT2D eigenvalue weighted by Gasteiger charge is 2.18. The molecule has 0 aliphatic carbocycles. The van der Waals surface area contributed by atoms with Gasteiger partial charge in [-0.3, -0.25) is 4.79 Å². The lowest BCUT2D eigenvalue weighted by atomic mass is 10.3. The van der Waals surface area contributed by atoms with Crippen LogP contribution >= 0.6 is 11.8 Å². The number of thioether (sulfide) groups is 1. The fourth-order valence-corrected chi connectivity index (χ4v) is 3.35.